The van der Waals surface area contributed by atoms with E-state index in [1.165, 1.54) is 5.56 Å². The van der Waals surface area contributed by atoms with Gasteiger partial charge < -0.3 is 14.6 Å². The second kappa shape index (κ2) is 7.12. The Labute approximate surface area is 103 Å². The minimum atomic E-state index is -0.189. The van der Waals surface area contributed by atoms with Crippen molar-refractivity contribution >= 4 is 5.97 Å². The van der Waals surface area contributed by atoms with Crippen LogP contribution in [0.5, 0.6) is 0 Å². The fraction of sp³-hybridized carbons (Fsp3) is 0.615. The van der Waals surface area contributed by atoms with E-state index < -0.39 is 0 Å². The second-order valence-corrected chi connectivity index (χ2v) is 3.94. The van der Waals surface area contributed by atoms with Crippen molar-refractivity contribution in [3.63, 3.8) is 0 Å². The van der Waals surface area contributed by atoms with E-state index >= 15 is 0 Å². The van der Waals surface area contributed by atoms with E-state index in [-0.39, 0.29) is 12.5 Å². The Morgan fingerprint density at radius 2 is 2.24 bits per heavy atom. The van der Waals surface area contributed by atoms with E-state index in [0.717, 1.165) is 13.0 Å². The van der Waals surface area contributed by atoms with Crippen LogP contribution in [0.2, 0.25) is 0 Å². The normalized spacial score (nSPS) is 12.4. The Morgan fingerprint density at radius 3 is 2.82 bits per heavy atom. The molecule has 1 N–H and O–H groups in total. The largest absolute Gasteiger partial charge is 0.465 e. The zero-order chi connectivity index (χ0) is 12.7. The van der Waals surface area contributed by atoms with Crippen LogP contribution in [0.25, 0.3) is 0 Å². The Hall–Kier alpha value is -1.29. The van der Waals surface area contributed by atoms with Crippen LogP contribution in [0, 0.1) is 0 Å². The summed E-state index contributed by atoms with van der Waals surface area (Å²) in [7, 11) is 0. The molecule has 1 aromatic rings. The van der Waals surface area contributed by atoms with Gasteiger partial charge in [-0.25, -0.2) is 0 Å². The number of rotatable bonds is 7. The summed E-state index contributed by atoms with van der Waals surface area (Å²) in [5.74, 6) is -0.189. The van der Waals surface area contributed by atoms with Crippen LogP contribution >= 0.6 is 0 Å². The molecule has 0 aliphatic carbocycles. The highest BCUT2D eigenvalue weighted by molar-refractivity contribution is 5.69. The van der Waals surface area contributed by atoms with Crippen molar-refractivity contribution in [2.45, 2.75) is 39.8 Å². The number of aromatic nitrogens is 1. The van der Waals surface area contributed by atoms with E-state index in [1.54, 1.807) is 0 Å². The Kier molecular flexibility index (Phi) is 5.77. The second-order valence-electron chi connectivity index (χ2n) is 3.94. The quantitative estimate of drug-likeness (QED) is 0.740. The monoisotopic (exact) mass is 238 g/mol. The predicted octanol–water partition coefficient (Wildman–Crippen LogP) is 2.11. The van der Waals surface area contributed by atoms with Gasteiger partial charge >= 0.3 is 5.97 Å². The molecule has 0 aliphatic rings. The predicted molar refractivity (Wildman–Crippen MR) is 67.8 cm³/mol. The van der Waals surface area contributed by atoms with Crippen LogP contribution < -0.4 is 5.32 Å². The maximum atomic E-state index is 11.3. The first kappa shape index (κ1) is 13.8. The minimum Gasteiger partial charge on any atom is -0.465 e. The molecule has 0 saturated carbocycles. The van der Waals surface area contributed by atoms with E-state index in [0.29, 0.717) is 12.6 Å². The van der Waals surface area contributed by atoms with E-state index in [4.69, 9.17) is 4.74 Å². The summed E-state index contributed by atoms with van der Waals surface area (Å²) in [6.45, 7) is 7.73. The van der Waals surface area contributed by atoms with Gasteiger partial charge in [-0.05, 0) is 31.5 Å². The summed E-state index contributed by atoms with van der Waals surface area (Å²) < 4.78 is 6.78. The first-order chi connectivity index (χ1) is 8.21. The molecule has 1 aromatic heterocycles. The maximum Gasteiger partial charge on any atom is 0.325 e. The van der Waals surface area contributed by atoms with Crippen LogP contribution in [-0.2, 0) is 16.1 Å². The Morgan fingerprint density at radius 1 is 1.47 bits per heavy atom. The molecule has 1 unspecified atom stereocenters. The number of carbonyl (C=O) groups is 1. The molecule has 0 radical (unpaired) electrons. The van der Waals surface area contributed by atoms with Crippen molar-refractivity contribution < 1.29 is 9.53 Å². The smallest absolute Gasteiger partial charge is 0.325 e. The van der Waals surface area contributed by atoms with Gasteiger partial charge in [-0.2, -0.15) is 0 Å². The molecule has 1 atom stereocenters. The molecule has 0 aromatic carbocycles. The van der Waals surface area contributed by atoms with Crippen LogP contribution in [0.4, 0.5) is 0 Å². The lowest BCUT2D eigenvalue weighted by Gasteiger charge is -2.13. The molecule has 1 rings (SSSR count). The van der Waals surface area contributed by atoms with Crippen molar-refractivity contribution in [3.05, 3.63) is 24.0 Å². The number of ether oxygens (including phenoxy) is 1. The first-order valence-electron chi connectivity index (χ1n) is 6.25. The van der Waals surface area contributed by atoms with Crippen LogP contribution in [-0.4, -0.2) is 23.7 Å². The zero-order valence-corrected chi connectivity index (χ0v) is 10.9. The number of nitrogens with zero attached hydrogens (tertiary/aromatic N) is 1. The summed E-state index contributed by atoms with van der Waals surface area (Å²) in [6, 6.07) is 2.42. The van der Waals surface area contributed by atoms with Crippen LogP contribution in [0.3, 0.4) is 0 Å². The molecule has 0 aliphatic heterocycles. The minimum absolute atomic E-state index is 0.189. The lowest BCUT2D eigenvalue weighted by atomic mass is 10.1. The van der Waals surface area contributed by atoms with Gasteiger partial charge in [0.1, 0.15) is 6.54 Å². The van der Waals surface area contributed by atoms with Crippen molar-refractivity contribution in [1.29, 1.82) is 0 Å². The molecular weight excluding hydrogens is 216 g/mol. The third kappa shape index (κ3) is 4.23. The lowest BCUT2D eigenvalue weighted by Crippen LogP contribution is -2.19. The zero-order valence-electron chi connectivity index (χ0n) is 10.9. The number of esters is 1. The van der Waals surface area contributed by atoms with E-state index in [9.17, 15) is 4.79 Å². The van der Waals surface area contributed by atoms with Crippen LogP contribution in [0.15, 0.2) is 18.5 Å². The molecular formula is C13H22N2O2. The average molecular weight is 238 g/mol. The van der Waals surface area contributed by atoms with Crippen molar-refractivity contribution in [2.75, 3.05) is 13.2 Å². The molecule has 96 valence electrons. The fourth-order valence-electron chi connectivity index (χ4n) is 1.86. The fourth-order valence-corrected chi connectivity index (χ4v) is 1.86. The highest BCUT2D eigenvalue weighted by Crippen LogP contribution is 2.16. The summed E-state index contributed by atoms with van der Waals surface area (Å²) in [4.78, 5) is 11.3. The molecule has 0 fully saturated rings. The molecule has 0 amide bonds. The molecule has 4 heteroatoms. The highest BCUT2D eigenvalue weighted by atomic mass is 16.5. The Bertz CT molecular complexity index is 347. The maximum absolute atomic E-state index is 11.3. The van der Waals surface area contributed by atoms with Gasteiger partial charge in [0.15, 0.2) is 0 Å². The molecule has 0 bridgehead atoms. The highest BCUT2D eigenvalue weighted by Gasteiger charge is 2.10. The van der Waals surface area contributed by atoms with Gasteiger partial charge in [0.25, 0.3) is 0 Å². The van der Waals surface area contributed by atoms with Gasteiger partial charge in [0.2, 0.25) is 0 Å². The van der Waals surface area contributed by atoms with Gasteiger partial charge in [0.05, 0.1) is 6.61 Å². The number of carbonyl (C=O) groups excluding carboxylic acids is 1. The number of hydrogen-bond acceptors (Lipinski definition) is 3. The topological polar surface area (TPSA) is 43.3 Å². The molecule has 1 heterocycles. The summed E-state index contributed by atoms with van der Waals surface area (Å²) in [5.41, 5.74) is 1.22. The standard InChI is InChI=1S/C13H22N2O2/c1-4-12(14-5-2)11-7-8-15(9-11)10-13(16)17-6-3/h7-9,12,14H,4-6,10H2,1-3H3. The molecule has 17 heavy (non-hydrogen) atoms. The molecule has 4 nitrogen and oxygen atoms in total. The lowest BCUT2D eigenvalue weighted by molar-refractivity contribution is -0.143. The van der Waals surface area contributed by atoms with E-state index in [2.05, 4.69) is 25.2 Å². The average Bonchev–Trinajstić information content (AvgIpc) is 2.74. The van der Waals surface area contributed by atoms with Gasteiger partial charge in [0, 0.05) is 18.4 Å². The summed E-state index contributed by atoms with van der Waals surface area (Å²) in [5, 5.41) is 3.41. The molecule has 0 saturated heterocycles. The van der Waals surface area contributed by atoms with Crippen LogP contribution in [0.1, 0.15) is 38.8 Å². The Balaban J connectivity index is 2.60. The molecule has 0 spiro atoms. The van der Waals surface area contributed by atoms with Crippen molar-refractivity contribution in [2.24, 2.45) is 0 Å². The third-order valence-electron chi connectivity index (χ3n) is 2.65. The number of nitrogens with one attached hydrogen (secondary N) is 1. The third-order valence-corrected chi connectivity index (χ3v) is 2.65. The first-order valence-corrected chi connectivity index (χ1v) is 6.25. The van der Waals surface area contributed by atoms with Gasteiger partial charge in [-0.3, -0.25) is 4.79 Å². The van der Waals surface area contributed by atoms with Gasteiger partial charge in [-0.15, -0.1) is 0 Å². The SMILES string of the molecule is CCNC(CC)c1ccn(CC(=O)OCC)c1. The van der Waals surface area contributed by atoms with Crippen molar-refractivity contribution in [3.8, 4) is 0 Å². The summed E-state index contributed by atoms with van der Waals surface area (Å²) >= 11 is 0. The van der Waals surface area contributed by atoms with Gasteiger partial charge in [-0.1, -0.05) is 13.8 Å². The van der Waals surface area contributed by atoms with E-state index in [1.807, 2.05) is 23.9 Å². The number of hydrogen-bond donors (Lipinski definition) is 1. The van der Waals surface area contributed by atoms with Crippen molar-refractivity contribution in [1.82, 2.24) is 9.88 Å². The summed E-state index contributed by atoms with van der Waals surface area (Å²) in [6.07, 6.45) is 4.97.